The lowest BCUT2D eigenvalue weighted by Gasteiger charge is -2.13. The molecule has 0 atom stereocenters. The molecule has 0 aliphatic carbocycles. The minimum atomic E-state index is -4.56. The molecule has 1 aromatic heterocycles. The van der Waals surface area contributed by atoms with E-state index in [0.29, 0.717) is 24.5 Å². The second kappa shape index (κ2) is 8.16. The second-order valence-electron chi connectivity index (χ2n) is 7.47. The predicted molar refractivity (Wildman–Crippen MR) is 110 cm³/mol. The highest BCUT2D eigenvalue weighted by molar-refractivity contribution is 7.90. The average molecular weight is 467 g/mol. The van der Waals surface area contributed by atoms with E-state index >= 15 is 0 Å². The maximum Gasteiger partial charge on any atom is 0.416 e. The van der Waals surface area contributed by atoms with Crippen LogP contribution in [0.2, 0.25) is 0 Å². The maximum atomic E-state index is 13.6. The fourth-order valence-electron chi connectivity index (χ4n) is 3.83. The maximum absolute atomic E-state index is 13.6. The number of aryl methyl sites for hydroxylation is 1. The molecule has 0 amide bonds. The predicted octanol–water partition coefficient (Wildman–Crippen LogP) is 4.33. The van der Waals surface area contributed by atoms with Crippen molar-refractivity contribution in [2.45, 2.75) is 36.8 Å². The van der Waals surface area contributed by atoms with Crippen molar-refractivity contribution in [1.82, 2.24) is 3.97 Å². The summed E-state index contributed by atoms with van der Waals surface area (Å²) in [6.45, 7) is 0.463. The van der Waals surface area contributed by atoms with Crippen LogP contribution >= 0.6 is 0 Å². The zero-order chi connectivity index (χ0) is 23.1. The van der Waals surface area contributed by atoms with Crippen LogP contribution in [0.5, 0.6) is 5.75 Å². The summed E-state index contributed by atoms with van der Waals surface area (Å²) >= 11 is 0. The van der Waals surface area contributed by atoms with E-state index in [1.165, 1.54) is 25.3 Å². The smallest absolute Gasteiger partial charge is 0.416 e. The number of carbonyl (C=O) groups excluding carboxylic acids is 1. The van der Waals surface area contributed by atoms with Crippen LogP contribution in [-0.2, 0) is 38.6 Å². The normalized spacial score (nSPS) is 13.8. The molecule has 2 heterocycles. The molecule has 0 bridgehead atoms. The molecule has 1 aliphatic rings. The molecule has 170 valence electrons. The molecule has 6 nitrogen and oxygen atoms in total. The Hall–Kier alpha value is -3.01. The van der Waals surface area contributed by atoms with Gasteiger partial charge in [-0.3, -0.25) is 4.79 Å². The lowest BCUT2D eigenvalue weighted by molar-refractivity contribution is -0.140. The summed E-state index contributed by atoms with van der Waals surface area (Å²) in [5, 5.41) is 0.154. The molecule has 0 radical (unpaired) electrons. The monoisotopic (exact) mass is 467 g/mol. The lowest BCUT2D eigenvalue weighted by atomic mass is 10.1. The molecule has 0 fully saturated rings. The molecule has 2 aromatic carbocycles. The first kappa shape index (κ1) is 22.2. The minimum Gasteiger partial charge on any atom is -0.493 e. The number of ether oxygens (including phenoxy) is 2. The molecule has 1 aliphatic heterocycles. The Bertz CT molecular complexity index is 1290. The zero-order valence-corrected chi connectivity index (χ0v) is 17.9. The van der Waals surface area contributed by atoms with Gasteiger partial charge in [0.05, 0.1) is 29.7 Å². The number of hydrogen-bond donors (Lipinski definition) is 0. The van der Waals surface area contributed by atoms with E-state index in [1.807, 2.05) is 0 Å². The van der Waals surface area contributed by atoms with Crippen molar-refractivity contribution < 1.29 is 35.9 Å². The molecule has 0 saturated carbocycles. The highest BCUT2D eigenvalue weighted by Gasteiger charge is 2.32. The van der Waals surface area contributed by atoms with Crippen LogP contribution in [0, 0.1) is 0 Å². The van der Waals surface area contributed by atoms with E-state index in [4.69, 9.17) is 4.74 Å². The topological polar surface area (TPSA) is 74.6 Å². The van der Waals surface area contributed by atoms with Crippen molar-refractivity contribution in [1.29, 1.82) is 0 Å². The van der Waals surface area contributed by atoms with E-state index in [9.17, 15) is 26.4 Å². The van der Waals surface area contributed by atoms with Crippen LogP contribution in [0.3, 0.4) is 0 Å². The third-order valence-electron chi connectivity index (χ3n) is 5.40. The van der Waals surface area contributed by atoms with Crippen LogP contribution in [0.4, 0.5) is 13.2 Å². The van der Waals surface area contributed by atoms with Gasteiger partial charge < -0.3 is 9.47 Å². The van der Waals surface area contributed by atoms with Crippen LogP contribution in [-0.4, -0.2) is 32.1 Å². The van der Waals surface area contributed by atoms with Gasteiger partial charge in [-0.25, -0.2) is 12.4 Å². The fourth-order valence-corrected chi connectivity index (χ4v) is 5.45. The van der Waals surface area contributed by atoms with E-state index in [2.05, 4.69) is 4.74 Å². The van der Waals surface area contributed by atoms with E-state index in [0.717, 1.165) is 27.7 Å². The molecule has 0 saturated heterocycles. The van der Waals surface area contributed by atoms with Gasteiger partial charge in [0.2, 0.25) is 0 Å². The SMILES string of the molecule is COC(=O)CCCc1cc2cc(C(F)(F)F)ccc2n1S(=O)(=O)c1ccc2c(c1)CCO2. The first-order valence-corrected chi connectivity index (χ1v) is 11.3. The van der Waals surface area contributed by atoms with Gasteiger partial charge in [0.25, 0.3) is 10.0 Å². The summed E-state index contributed by atoms with van der Waals surface area (Å²) in [5.41, 5.74) is 0.326. The van der Waals surface area contributed by atoms with E-state index < -0.39 is 27.7 Å². The Balaban J connectivity index is 1.83. The van der Waals surface area contributed by atoms with Crippen molar-refractivity contribution in [2.75, 3.05) is 13.7 Å². The molecular weight excluding hydrogens is 447 g/mol. The van der Waals surface area contributed by atoms with Crippen LogP contribution in [0.1, 0.15) is 29.7 Å². The van der Waals surface area contributed by atoms with Gasteiger partial charge in [0.15, 0.2) is 0 Å². The Kier molecular flexibility index (Phi) is 5.66. The van der Waals surface area contributed by atoms with Crippen molar-refractivity contribution in [2.24, 2.45) is 0 Å². The highest BCUT2D eigenvalue weighted by Crippen LogP contribution is 2.35. The van der Waals surface area contributed by atoms with Gasteiger partial charge in [-0.1, -0.05) is 0 Å². The Labute approximate surface area is 182 Å². The summed E-state index contributed by atoms with van der Waals surface area (Å²) in [5.74, 6) is 0.169. The number of rotatable bonds is 6. The first-order valence-electron chi connectivity index (χ1n) is 9.91. The summed E-state index contributed by atoms with van der Waals surface area (Å²) in [6.07, 6.45) is -3.48. The number of halogens is 3. The number of aromatic nitrogens is 1. The van der Waals surface area contributed by atoms with Gasteiger partial charge >= 0.3 is 12.1 Å². The number of hydrogen-bond acceptors (Lipinski definition) is 5. The quantitative estimate of drug-likeness (QED) is 0.505. The van der Waals surface area contributed by atoms with E-state index in [-0.39, 0.29) is 35.1 Å². The number of nitrogens with zero attached hydrogens (tertiary/aromatic N) is 1. The lowest BCUT2D eigenvalue weighted by Crippen LogP contribution is -2.16. The molecule has 32 heavy (non-hydrogen) atoms. The van der Waals surface area contributed by atoms with Gasteiger partial charge in [-0.15, -0.1) is 0 Å². The molecule has 0 spiro atoms. The molecular formula is C22H20F3NO5S. The number of esters is 1. The number of fused-ring (bicyclic) bond motifs is 2. The average Bonchev–Trinajstić information content (AvgIpc) is 3.36. The summed E-state index contributed by atoms with van der Waals surface area (Å²) in [4.78, 5) is 11.5. The Morgan fingerprint density at radius 2 is 1.94 bits per heavy atom. The first-order chi connectivity index (χ1) is 15.1. The van der Waals surface area contributed by atoms with Crippen molar-refractivity contribution in [3.63, 3.8) is 0 Å². The summed E-state index contributed by atoms with van der Waals surface area (Å²) in [7, 11) is -2.87. The number of alkyl halides is 3. The molecule has 0 N–H and O–H groups in total. The van der Waals surface area contributed by atoms with Crippen molar-refractivity contribution >= 4 is 26.9 Å². The third kappa shape index (κ3) is 4.06. The minimum absolute atomic E-state index is 0.0216. The fraction of sp³-hybridized carbons (Fsp3) is 0.318. The van der Waals surface area contributed by atoms with Gasteiger partial charge in [-0.05, 0) is 60.9 Å². The van der Waals surface area contributed by atoms with Crippen molar-refractivity contribution in [3.05, 3.63) is 59.3 Å². The third-order valence-corrected chi connectivity index (χ3v) is 7.16. The second-order valence-corrected chi connectivity index (χ2v) is 9.26. The van der Waals surface area contributed by atoms with Crippen LogP contribution < -0.4 is 4.74 Å². The van der Waals surface area contributed by atoms with E-state index in [1.54, 1.807) is 6.07 Å². The Morgan fingerprint density at radius 3 is 2.66 bits per heavy atom. The highest BCUT2D eigenvalue weighted by atomic mass is 32.2. The largest absolute Gasteiger partial charge is 0.493 e. The molecule has 3 aromatic rings. The molecule has 4 rings (SSSR count). The Morgan fingerprint density at radius 1 is 1.16 bits per heavy atom. The van der Waals surface area contributed by atoms with Crippen molar-refractivity contribution in [3.8, 4) is 5.75 Å². The number of benzene rings is 2. The molecule has 0 unspecified atom stereocenters. The number of carbonyl (C=O) groups is 1. The van der Waals surface area contributed by atoms with Gasteiger partial charge in [0.1, 0.15) is 5.75 Å². The molecule has 10 heteroatoms. The summed E-state index contributed by atoms with van der Waals surface area (Å²) in [6, 6.07) is 8.93. The summed E-state index contributed by atoms with van der Waals surface area (Å²) < 4.78 is 77.8. The zero-order valence-electron chi connectivity index (χ0n) is 17.1. The number of methoxy groups -OCH3 is 1. The van der Waals surface area contributed by atoms with Crippen LogP contribution in [0.15, 0.2) is 47.4 Å². The van der Waals surface area contributed by atoms with Gasteiger partial charge in [-0.2, -0.15) is 13.2 Å². The van der Waals surface area contributed by atoms with Crippen LogP contribution in [0.25, 0.3) is 10.9 Å². The van der Waals surface area contributed by atoms with Gasteiger partial charge in [0, 0.05) is 23.9 Å². The standard InChI is InChI=1S/C22H20F3NO5S/c1-30-21(27)4-2-3-17-12-15-11-16(22(23,24)25)5-7-19(15)26(17)32(28,29)18-6-8-20-14(13-18)9-10-31-20/h5-8,11-13H,2-4,9-10H2,1H3.